The SMILES string of the molecule is O=C(O)CSCC1COC2(CCCC2)O1. The Bertz CT molecular complexity index is 238. The molecule has 0 bridgehead atoms. The minimum Gasteiger partial charge on any atom is -0.481 e. The van der Waals surface area contributed by atoms with Gasteiger partial charge in [0.1, 0.15) is 0 Å². The topological polar surface area (TPSA) is 55.8 Å². The van der Waals surface area contributed by atoms with E-state index < -0.39 is 5.97 Å². The zero-order valence-corrected chi connectivity index (χ0v) is 9.42. The monoisotopic (exact) mass is 232 g/mol. The summed E-state index contributed by atoms with van der Waals surface area (Å²) in [7, 11) is 0. The van der Waals surface area contributed by atoms with Gasteiger partial charge >= 0.3 is 5.97 Å². The number of carboxylic acid groups (broad SMARTS) is 1. The maximum absolute atomic E-state index is 10.3. The van der Waals surface area contributed by atoms with Crippen molar-refractivity contribution in [3.8, 4) is 0 Å². The molecule has 2 rings (SSSR count). The zero-order chi connectivity index (χ0) is 10.7. The Morgan fingerprint density at radius 2 is 2.20 bits per heavy atom. The van der Waals surface area contributed by atoms with Gasteiger partial charge in [-0.1, -0.05) is 0 Å². The van der Waals surface area contributed by atoms with Crippen LogP contribution in [-0.2, 0) is 14.3 Å². The molecule has 1 N–H and O–H groups in total. The molecule has 4 nitrogen and oxygen atoms in total. The normalized spacial score (nSPS) is 28.7. The molecule has 0 aromatic carbocycles. The Hall–Kier alpha value is -0.260. The van der Waals surface area contributed by atoms with Gasteiger partial charge in [0.15, 0.2) is 5.79 Å². The highest BCUT2D eigenvalue weighted by Gasteiger charge is 2.43. The molecule has 1 saturated carbocycles. The molecule has 2 fully saturated rings. The van der Waals surface area contributed by atoms with Gasteiger partial charge in [-0.2, -0.15) is 0 Å². The molecule has 1 saturated heterocycles. The lowest BCUT2D eigenvalue weighted by molar-refractivity contribution is -0.159. The van der Waals surface area contributed by atoms with Crippen molar-refractivity contribution in [1.29, 1.82) is 0 Å². The van der Waals surface area contributed by atoms with E-state index >= 15 is 0 Å². The second-order valence-electron chi connectivity index (χ2n) is 4.08. The number of hydrogen-bond donors (Lipinski definition) is 1. The van der Waals surface area contributed by atoms with Crippen LogP contribution in [0.4, 0.5) is 0 Å². The van der Waals surface area contributed by atoms with Crippen LogP contribution in [-0.4, -0.2) is 41.1 Å². The number of carbonyl (C=O) groups is 1. The van der Waals surface area contributed by atoms with Crippen LogP contribution in [0.3, 0.4) is 0 Å². The van der Waals surface area contributed by atoms with Gasteiger partial charge in [-0.25, -0.2) is 0 Å². The molecule has 5 heteroatoms. The molecule has 2 aliphatic rings. The molecule has 0 amide bonds. The van der Waals surface area contributed by atoms with Gasteiger partial charge < -0.3 is 14.6 Å². The third-order valence-electron chi connectivity index (χ3n) is 2.81. The van der Waals surface area contributed by atoms with Crippen LogP contribution in [0.5, 0.6) is 0 Å². The first kappa shape index (κ1) is 11.2. The summed E-state index contributed by atoms with van der Waals surface area (Å²) in [5.74, 6) is -0.218. The highest BCUT2D eigenvalue weighted by Crippen LogP contribution is 2.39. The summed E-state index contributed by atoms with van der Waals surface area (Å²) in [5, 5.41) is 8.50. The fourth-order valence-electron chi connectivity index (χ4n) is 2.15. The van der Waals surface area contributed by atoms with E-state index in [1.165, 1.54) is 24.6 Å². The standard InChI is InChI=1S/C10H16O4S/c11-9(12)7-15-6-8-5-13-10(14-8)3-1-2-4-10/h8H,1-7H2,(H,11,12). The van der Waals surface area contributed by atoms with Crippen LogP contribution in [0.2, 0.25) is 0 Å². The summed E-state index contributed by atoms with van der Waals surface area (Å²) >= 11 is 1.40. The van der Waals surface area contributed by atoms with Gasteiger partial charge in [0, 0.05) is 18.6 Å². The minimum atomic E-state index is -0.769. The van der Waals surface area contributed by atoms with E-state index in [2.05, 4.69) is 0 Å². The van der Waals surface area contributed by atoms with E-state index in [4.69, 9.17) is 14.6 Å². The number of carboxylic acids is 1. The summed E-state index contributed by atoms with van der Waals surface area (Å²) < 4.78 is 11.5. The second kappa shape index (κ2) is 4.72. The summed E-state index contributed by atoms with van der Waals surface area (Å²) in [6.07, 6.45) is 4.41. The van der Waals surface area contributed by atoms with Gasteiger partial charge in [-0.3, -0.25) is 4.79 Å². The largest absolute Gasteiger partial charge is 0.481 e. The van der Waals surface area contributed by atoms with Gasteiger partial charge in [0.05, 0.1) is 18.5 Å². The fraction of sp³-hybridized carbons (Fsp3) is 0.900. The first-order valence-corrected chi connectivity index (χ1v) is 6.47. The van der Waals surface area contributed by atoms with E-state index in [0.29, 0.717) is 12.4 Å². The highest BCUT2D eigenvalue weighted by atomic mass is 32.2. The van der Waals surface area contributed by atoms with Crippen molar-refractivity contribution in [3.63, 3.8) is 0 Å². The molecule has 1 aliphatic heterocycles. The van der Waals surface area contributed by atoms with Crippen molar-refractivity contribution in [2.75, 3.05) is 18.1 Å². The van der Waals surface area contributed by atoms with Crippen LogP contribution in [0, 0.1) is 0 Å². The Morgan fingerprint density at radius 1 is 1.47 bits per heavy atom. The van der Waals surface area contributed by atoms with Crippen molar-refractivity contribution < 1.29 is 19.4 Å². The number of thioether (sulfide) groups is 1. The molecule has 1 heterocycles. The van der Waals surface area contributed by atoms with Crippen molar-refractivity contribution in [2.24, 2.45) is 0 Å². The minimum absolute atomic E-state index is 0.0763. The summed E-state index contributed by atoms with van der Waals surface area (Å²) in [4.78, 5) is 10.3. The quantitative estimate of drug-likeness (QED) is 0.796. The second-order valence-corrected chi connectivity index (χ2v) is 5.11. The number of aliphatic carboxylic acids is 1. The van der Waals surface area contributed by atoms with Crippen LogP contribution in [0.1, 0.15) is 25.7 Å². The van der Waals surface area contributed by atoms with Crippen molar-refractivity contribution >= 4 is 17.7 Å². The fourth-order valence-corrected chi connectivity index (χ4v) is 2.87. The smallest absolute Gasteiger partial charge is 0.313 e. The van der Waals surface area contributed by atoms with Crippen molar-refractivity contribution in [2.45, 2.75) is 37.6 Å². The molecule has 1 aliphatic carbocycles. The predicted molar refractivity (Wildman–Crippen MR) is 57.0 cm³/mol. The maximum Gasteiger partial charge on any atom is 0.313 e. The molecular weight excluding hydrogens is 216 g/mol. The number of rotatable bonds is 4. The van der Waals surface area contributed by atoms with E-state index in [0.717, 1.165) is 12.8 Å². The maximum atomic E-state index is 10.3. The third kappa shape index (κ3) is 2.86. The highest BCUT2D eigenvalue weighted by molar-refractivity contribution is 7.99. The van der Waals surface area contributed by atoms with E-state index in [-0.39, 0.29) is 17.6 Å². The molecule has 86 valence electrons. The van der Waals surface area contributed by atoms with E-state index in [1.54, 1.807) is 0 Å². The van der Waals surface area contributed by atoms with Gasteiger partial charge in [-0.05, 0) is 12.8 Å². The Kier molecular flexibility index (Phi) is 3.53. The molecule has 1 unspecified atom stereocenters. The van der Waals surface area contributed by atoms with Gasteiger partial charge in [-0.15, -0.1) is 11.8 Å². The molecule has 0 aromatic rings. The van der Waals surface area contributed by atoms with Crippen LogP contribution < -0.4 is 0 Å². The summed E-state index contributed by atoms with van der Waals surface area (Å²) in [5.41, 5.74) is 0. The lowest BCUT2D eigenvalue weighted by Crippen LogP contribution is -2.27. The lowest BCUT2D eigenvalue weighted by atomic mass is 10.2. The zero-order valence-electron chi connectivity index (χ0n) is 8.61. The van der Waals surface area contributed by atoms with E-state index in [9.17, 15) is 4.79 Å². The van der Waals surface area contributed by atoms with E-state index in [1.807, 2.05) is 0 Å². The Morgan fingerprint density at radius 3 is 2.87 bits per heavy atom. The lowest BCUT2D eigenvalue weighted by Gasteiger charge is -2.21. The van der Waals surface area contributed by atoms with Gasteiger partial charge in [0.2, 0.25) is 0 Å². The molecular formula is C10H16O4S. The van der Waals surface area contributed by atoms with Crippen molar-refractivity contribution in [1.82, 2.24) is 0 Å². The summed E-state index contributed by atoms with van der Waals surface area (Å²) in [6, 6.07) is 0. The Balaban J connectivity index is 1.70. The molecule has 1 spiro atoms. The molecule has 0 aromatic heterocycles. The summed E-state index contributed by atoms with van der Waals surface area (Å²) in [6.45, 7) is 0.618. The van der Waals surface area contributed by atoms with Crippen LogP contribution >= 0.6 is 11.8 Å². The molecule has 1 atom stereocenters. The van der Waals surface area contributed by atoms with Crippen LogP contribution in [0.25, 0.3) is 0 Å². The average Bonchev–Trinajstić information content (AvgIpc) is 2.78. The molecule has 0 radical (unpaired) electrons. The Labute approximate surface area is 93.3 Å². The third-order valence-corrected chi connectivity index (χ3v) is 3.87. The molecule has 15 heavy (non-hydrogen) atoms. The first-order chi connectivity index (χ1) is 7.20. The van der Waals surface area contributed by atoms with Crippen LogP contribution in [0.15, 0.2) is 0 Å². The predicted octanol–water partition coefficient (Wildman–Crippen LogP) is 1.49. The first-order valence-electron chi connectivity index (χ1n) is 5.31. The number of hydrogen-bond acceptors (Lipinski definition) is 4. The average molecular weight is 232 g/mol. The van der Waals surface area contributed by atoms with Gasteiger partial charge in [0.25, 0.3) is 0 Å². The number of ether oxygens (including phenoxy) is 2. The van der Waals surface area contributed by atoms with Crippen molar-refractivity contribution in [3.05, 3.63) is 0 Å².